The maximum Gasteiger partial charge on any atom is 0.258 e. The minimum absolute atomic E-state index is 0. The van der Waals surface area contributed by atoms with Gasteiger partial charge in [0, 0.05) is 32.5 Å². The molecule has 0 bridgehead atoms. The van der Waals surface area contributed by atoms with Crippen LogP contribution in [0.4, 0.5) is 0 Å². The van der Waals surface area contributed by atoms with E-state index in [2.05, 4.69) is 15.3 Å². The number of amides is 1. The normalized spacial score (nSPS) is 14.9. The zero-order valence-electron chi connectivity index (χ0n) is 13.6. The third-order valence-electron chi connectivity index (χ3n) is 4.16. The number of aromatic nitrogens is 2. The Labute approximate surface area is 147 Å². The molecule has 2 aromatic rings. The number of aromatic amines is 1. The van der Waals surface area contributed by atoms with E-state index < -0.39 is 0 Å². The van der Waals surface area contributed by atoms with Gasteiger partial charge in [0.15, 0.2) is 0 Å². The molecule has 1 saturated heterocycles. The average molecular weight is 351 g/mol. The summed E-state index contributed by atoms with van der Waals surface area (Å²) in [6.07, 6.45) is 2.81. The lowest BCUT2D eigenvalue weighted by Crippen LogP contribution is -2.34. The Morgan fingerprint density at radius 1 is 1.21 bits per heavy atom. The number of fused-ring (bicyclic) bond motifs is 1. The number of H-pyrrole nitrogens is 1. The molecule has 2 N–H and O–H groups in total. The number of benzene rings is 1. The number of hydrogen-bond acceptors (Lipinski definition) is 4. The molecule has 1 aromatic heterocycles. The predicted octanol–water partition coefficient (Wildman–Crippen LogP) is 1.49. The van der Waals surface area contributed by atoms with Gasteiger partial charge in [-0.3, -0.25) is 9.59 Å². The van der Waals surface area contributed by atoms with Crippen molar-refractivity contribution in [2.45, 2.75) is 25.7 Å². The third kappa shape index (κ3) is 4.55. The quantitative estimate of drug-likeness (QED) is 0.875. The van der Waals surface area contributed by atoms with Crippen molar-refractivity contribution in [2.75, 3.05) is 26.2 Å². The molecule has 6 nitrogen and oxygen atoms in total. The first kappa shape index (κ1) is 18.4. The van der Waals surface area contributed by atoms with Crippen LogP contribution in [0.2, 0.25) is 0 Å². The molecule has 1 amide bonds. The Kier molecular flexibility index (Phi) is 6.75. The van der Waals surface area contributed by atoms with E-state index in [4.69, 9.17) is 0 Å². The van der Waals surface area contributed by atoms with Gasteiger partial charge in [0.05, 0.1) is 10.9 Å². The molecule has 7 heteroatoms. The third-order valence-corrected chi connectivity index (χ3v) is 4.16. The molecule has 24 heavy (non-hydrogen) atoms. The van der Waals surface area contributed by atoms with E-state index in [1.165, 1.54) is 0 Å². The first-order valence-electron chi connectivity index (χ1n) is 8.20. The topological polar surface area (TPSA) is 78.1 Å². The Morgan fingerprint density at radius 3 is 2.92 bits per heavy atom. The number of hydrogen-bond donors (Lipinski definition) is 2. The van der Waals surface area contributed by atoms with Crippen molar-refractivity contribution >= 4 is 29.2 Å². The molecule has 130 valence electrons. The number of para-hydroxylation sites is 1. The van der Waals surface area contributed by atoms with Crippen molar-refractivity contribution in [3.8, 4) is 0 Å². The number of nitrogens with zero attached hydrogens (tertiary/aromatic N) is 2. The highest BCUT2D eigenvalue weighted by molar-refractivity contribution is 5.85. The van der Waals surface area contributed by atoms with Gasteiger partial charge in [0.25, 0.3) is 5.56 Å². The Morgan fingerprint density at radius 2 is 2.04 bits per heavy atom. The zero-order valence-corrected chi connectivity index (χ0v) is 14.4. The monoisotopic (exact) mass is 350 g/mol. The lowest BCUT2D eigenvalue weighted by atomic mass is 10.2. The van der Waals surface area contributed by atoms with Crippen LogP contribution in [0.5, 0.6) is 0 Å². The Hall–Kier alpha value is -1.92. The van der Waals surface area contributed by atoms with Crippen molar-refractivity contribution in [3.63, 3.8) is 0 Å². The van der Waals surface area contributed by atoms with Crippen LogP contribution in [0.15, 0.2) is 29.1 Å². The number of rotatable bonds is 4. The fourth-order valence-electron chi connectivity index (χ4n) is 2.91. The summed E-state index contributed by atoms with van der Waals surface area (Å²) in [5.74, 6) is 0.843. The van der Waals surface area contributed by atoms with Crippen LogP contribution in [0.25, 0.3) is 10.9 Å². The number of halogens is 1. The van der Waals surface area contributed by atoms with Crippen molar-refractivity contribution < 1.29 is 4.79 Å². The van der Waals surface area contributed by atoms with Crippen LogP contribution in [-0.2, 0) is 11.2 Å². The molecule has 0 atom stereocenters. The molecular formula is C17H23ClN4O2. The highest BCUT2D eigenvalue weighted by Gasteiger charge is 2.14. The molecule has 0 aliphatic carbocycles. The smallest absolute Gasteiger partial charge is 0.258 e. The van der Waals surface area contributed by atoms with Crippen LogP contribution >= 0.6 is 12.4 Å². The first-order chi connectivity index (χ1) is 11.2. The maximum atomic E-state index is 12.2. The van der Waals surface area contributed by atoms with Crippen LogP contribution < -0.4 is 10.9 Å². The molecule has 0 radical (unpaired) electrons. The van der Waals surface area contributed by atoms with Crippen LogP contribution in [0, 0.1) is 0 Å². The molecule has 0 spiro atoms. The van der Waals surface area contributed by atoms with Gasteiger partial charge in [-0.2, -0.15) is 0 Å². The van der Waals surface area contributed by atoms with E-state index in [0.29, 0.717) is 36.0 Å². The highest BCUT2D eigenvalue weighted by atomic mass is 35.5. The summed E-state index contributed by atoms with van der Waals surface area (Å²) in [6, 6.07) is 7.30. The molecule has 1 fully saturated rings. The van der Waals surface area contributed by atoms with E-state index >= 15 is 0 Å². The lowest BCUT2D eigenvalue weighted by molar-refractivity contribution is -0.131. The van der Waals surface area contributed by atoms with Gasteiger partial charge >= 0.3 is 0 Å². The van der Waals surface area contributed by atoms with Gasteiger partial charge in [-0.05, 0) is 31.5 Å². The minimum atomic E-state index is -0.115. The molecule has 1 aliphatic heterocycles. The largest absolute Gasteiger partial charge is 0.341 e. The molecule has 0 saturated carbocycles. The van der Waals surface area contributed by atoms with Gasteiger partial charge in [-0.25, -0.2) is 4.98 Å². The second-order valence-corrected chi connectivity index (χ2v) is 5.87. The van der Waals surface area contributed by atoms with E-state index in [-0.39, 0.29) is 23.9 Å². The average Bonchev–Trinajstić information content (AvgIpc) is 2.84. The van der Waals surface area contributed by atoms with Crippen LogP contribution in [0.1, 0.15) is 25.1 Å². The first-order valence-corrected chi connectivity index (χ1v) is 8.20. The predicted molar refractivity (Wildman–Crippen MR) is 96.6 cm³/mol. The SMILES string of the molecule is Cl.O=C(CCCc1nc2ccccc2c(=O)[nH]1)N1CCCNCC1. The molecule has 0 unspecified atom stereocenters. The van der Waals surface area contributed by atoms with Crippen molar-refractivity contribution in [1.82, 2.24) is 20.2 Å². The Balaban J connectivity index is 0.00000208. The van der Waals surface area contributed by atoms with Crippen LogP contribution in [-0.4, -0.2) is 47.0 Å². The lowest BCUT2D eigenvalue weighted by Gasteiger charge is -2.19. The molecule has 3 rings (SSSR count). The van der Waals surface area contributed by atoms with E-state index in [0.717, 1.165) is 32.6 Å². The number of carbonyl (C=O) groups excluding carboxylic acids is 1. The summed E-state index contributed by atoms with van der Waals surface area (Å²) in [7, 11) is 0. The maximum absolute atomic E-state index is 12.2. The van der Waals surface area contributed by atoms with E-state index in [1.807, 2.05) is 23.1 Å². The minimum Gasteiger partial charge on any atom is -0.341 e. The number of carbonyl (C=O) groups is 1. The summed E-state index contributed by atoms with van der Waals surface area (Å²) >= 11 is 0. The summed E-state index contributed by atoms with van der Waals surface area (Å²) in [6.45, 7) is 3.46. The van der Waals surface area contributed by atoms with Gasteiger partial charge in [-0.15, -0.1) is 12.4 Å². The summed E-state index contributed by atoms with van der Waals surface area (Å²) < 4.78 is 0. The molecule has 1 aromatic carbocycles. The van der Waals surface area contributed by atoms with Gasteiger partial charge in [0.2, 0.25) is 5.91 Å². The molecule has 2 heterocycles. The summed E-state index contributed by atoms with van der Waals surface area (Å²) in [5.41, 5.74) is 0.590. The standard InChI is InChI=1S/C17H22N4O2.ClH/c22-16(21-11-4-9-18-10-12-21)8-3-7-15-19-14-6-2-1-5-13(14)17(23)20-15;/h1-2,5-6,18H,3-4,7-12H2,(H,19,20,23);1H. The van der Waals surface area contributed by atoms with Gasteiger partial charge < -0.3 is 15.2 Å². The summed E-state index contributed by atoms with van der Waals surface area (Å²) in [4.78, 5) is 33.4. The van der Waals surface area contributed by atoms with Crippen LogP contribution in [0.3, 0.4) is 0 Å². The second kappa shape index (κ2) is 8.80. The Bertz CT molecular complexity index is 739. The van der Waals surface area contributed by atoms with Crippen molar-refractivity contribution in [3.05, 3.63) is 40.4 Å². The second-order valence-electron chi connectivity index (χ2n) is 5.87. The fraction of sp³-hybridized carbons (Fsp3) is 0.471. The fourth-order valence-corrected chi connectivity index (χ4v) is 2.91. The zero-order chi connectivity index (χ0) is 16.1. The molecular weight excluding hydrogens is 328 g/mol. The van der Waals surface area contributed by atoms with Gasteiger partial charge in [0.1, 0.15) is 5.82 Å². The van der Waals surface area contributed by atoms with Crippen molar-refractivity contribution in [1.29, 1.82) is 0 Å². The number of nitrogens with one attached hydrogen (secondary N) is 2. The summed E-state index contributed by atoms with van der Waals surface area (Å²) in [5, 5.41) is 3.89. The molecule has 1 aliphatic rings. The van der Waals surface area contributed by atoms with E-state index in [1.54, 1.807) is 6.07 Å². The number of aryl methyl sites for hydroxylation is 1. The van der Waals surface area contributed by atoms with Gasteiger partial charge in [-0.1, -0.05) is 12.1 Å². The van der Waals surface area contributed by atoms with Crippen molar-refractivity contribution in [2.24, 2.45) is 0 Å². The van der Waals surface area contributed by atoms with E-state index in [9.17, 15) is 9.59 Å². The highest BCUT2D eigenvalue weighted by Crippen LogP contribution is 2.08.